The van der Waals surface area contributed by atoms with Crippen LogP contribution in [0.4, 0.5) is 0 Å². The average Bonchev–Trinajstić information content (AvgIpc) is 2.37. The van der Waals surface area contributed by atoms with E-state index in [-0.39, 0.29) is 24.0 Å². The van der Waals surface area contributed by atoms with Crippen molar-refractivity contribution >= 4 is 29.9 Å². The topological polar surface area (TPSA) is 39.7 Å². The van der Waals surface area contributed by atoms with E-state index >= 15 is 0 Å². The van der Waals surface area contributed by atoms with Gasteiger partial charge in [-0.25, -0.2) is 0 Å². The van der Waals surface area contributed by atoms with Crippen LogP contribution in [0.25, 0.3) is 0 Å². The first-order chi connectivity index (χ1) is 9.47. The van der Waals surface area contributed by atoms with Crippen molar-refractivity contribution in [2.45, 2.75) is 59.9 Å². The molecule has 0 rings (SSSR count). The summed E-state index contributed by atoms with van der Waals surface area (Å²) in [5.41, 5.74) is 0. The van der Waals surface area contributed by atoms with E-state index in [1.807, 2.05) is 0 Å². The maximum Gasteiger partial charge on any atom is 0.191 e. The summed E-state index contributed by atoms with van der Waals surface area (Å²) in [6.45, 7) is 15.1. The van der Waals surface area contributed by atoms with Gasteiger partial charge in [0.05, 0.1) is 0 Å². The highest BCUT2D eigenvalue weighted by atomic mass is 127. The fourth-order valence-electron chi connectivity index (χ4n) is 1.74. The number of halogens is 1. The van der Waals surface area contributed by atoms with Crippen molar-refractivity contribution in [3.63, 3.8) is 0 Å². The van der Waals surface area contributed by atoms with E-state index in [2.05, 4.69) is 62.2 Å². The third kappa shape index (κ3) is 14.7. The highest BCUT2D eigenvalue weighted by Crippen LogP contribution is 1.99. The van der Waals surface area contributed by atoms with Gasteiger partial charge < -0.3 is 15.5 Å². The van der Waals surface area contributed by atoms with Crippen molar-refractivity contribution in [3.05, 3.63) is 0 Å². The SMILES string of the molecule is CCNC(=NCCCCN(C)C(C)C)NCCC(C)C.I. The quantitative estimate of drug-likeness (QED) is 0.250. The number of nitrogens with one attached hydrogen (secondary N) is 2. The van der Waals surface area contributed by atoms with Gasteiger partial charge in [0.15, 0.2) is 5.96 Å². The molecule has 0 radical (unpaired) electrons. The van der Waals surface area contributed by atoms with E-state index in [1.165, 1.54) is 12.8 Å². The Balaban J connectivity index is 0. The molecule has 0 saturated heterocycles. The zero-order valence-electron chi connectivity index (χ0n) is 14.9. The molecule has 0 saturated carbocycles. The van der Waals surface area contributed by atoms with Gasteiger partial charge in [-0.3, -0.25) is 4.99 Å². The van der Waals surface area contributed by atoms with Gasteiger partial charge in [-0.05, 0) is 59.5 Å². The Bertz CT molecular complexity index is 255. The van der Waals surface area contributed by atoms with E-state index in [4.69, 9.17) is 0 Å². The van der Waals surface area contributed by atoms with Crippen molar-refractivity contribution in [1.29, 1.82) is 0 Å². The Morgan fingerprint density at radius 1 is 1.10 bits per heavy atom. The van der Waals surface area contributed by atoms with Gasteiger partial charge in [0.25, 0.3) is 0 Å². The molecule has 0 atom stereocenters. The number of rotatable bonds is 10. The van der Waals surface area contributed by atoms with Crippen LogP contribution >= 0.6 is 24.0 Å². The van der Waals surface area contributed by atoms with E-state index in [0.29, 0.717) is 6.04 Å². The van der Waals surface area contributed by atoms with E-state index in [0.717, 1.165) is 44.5 Å². The van der Waals surface area contributed by atoms with Crippen molar-refractivity contribution in [2.24, 2.45) is 10.9 Å². The first-order valence-electron chi connectivity index (χ1n) is 8.19. The monoisotopic (exact) mass is 412 g/mol. The summed E-state index contributed by atoms with van der Waals surface area (Å²) in [6.07, 6.45) is 3.55. The zero-order chi connectivity index (χ0) is 15.4. The molecule has 0 aromatic rings. The van der Waals surface area contributed by atoms with Crippen molar-refractivity contribution in [3.8, 4) is 0 Å². The summed E-state index contributed by atoms with van der Waals surface area (Å²) < 4.78 is 0. The number of unbranched alkanes of at least 4 members (excludes halogenated alkanes) is 1. The van der Waals surface area contributed by atoms with Crippen LogP contribution in [-0.4, -0.2) is 50.1 Å². The summed E-state index contributed by atoms with van der Waals surface area (Å²) in [4.78, 5) is 7.01. The maximum atomic E-state index is 4.63. The molecule has 0 heterocycles. The molecule has 0 bridgehead atoms. The van der Waals surface area contributed by atoms with Crippen LogP contribution in [-0.2, 0) is 0 Å². The third-order valence-electron chi connectivity index (χ3n) is 3.43. The molecular weight excluding hydrogens is 375 g/mol. The summed E-state index contributed by atoms with van der Waals surface area (Å²) in [6, 6.07) is 0.633. The molecule has 5 heteroatoms. The fraction of sp³-hybridized carbons (Fsp3) is 0.938. The lowest BCUT2D eigenvalue weighted by atomic mass is 10.1. The number of nitrogens with zero attached hydrogens (tertiary/aromatic N) is 2. The van der Waals surface area contributed by atoms with Crippen LogP contribution < -0.4 is 10.6 Å². The molecule has 0 aromatic carbocycles. The minimum Gasteiger partial charge on any atom is -0.357 e. The largest absolute Gasteiger partial charge is 0.357 e. The molecule has 21 heavy (non-hydrogen) atoms. The molecule has 2 N–H and O–H groups in total. The molecule has 0 aliphatic carbocycles. The van der Waals surface area contributed by atoms with Crippen LogP contribution in [0, 0.1) is 5.92 Å². The van der Waals surface area contributed by atoms with Crippen LogP contribution in [0.5, 0.6) is 0 Å². The van der Waals surface area contributed by atoms with Gasteiger partial charge in [-0.2, -0.15) is 0 Å². The van der Waals surface area contributed by atoms with Crippen molar-refractivity contribution < 1.29 is 0 Å². The molecule has 128 valence electrons. The van der Waals surface area contributed by atoms with Gasteiger partial charge in [0.1, 0.15) is 0 Å². The standard InChI is InChI=1S/C16H36N4.HI/c1-7-17-16(19-12-10-14(2)3)18-11-8-9-13-20(6)15(4)5;/h14-15H,7-13H2,1-6H3,(H2,17,18,19);1H. The molecule has 0 fully saturated rings. The first-order valence-corrected chi connectivity index (χ1v) is 8.19. The number of aliphatic imine (C=N–C) groups is 1. The first kappa shape index (κ1) is 23.2. The molecule has 0 spiro atoms. The Morgan fingerprint density at radius 3 is 2.29 bits per heavy atom. The van der Waals surface area contributed by atoms with Gasteiger partial charge in [-0.1, -0.05) is 13.8 Å². The lowest BCUT2D eigenvalue weighted by Crippen LogP contribution is -2.38. The third-order valence-corrected chi connectivity index (χ3v) is 3.43. The summed E-state index contributed by atoms with van der Waals surface area (Å²) in [5, 5.41) is 6.70. The average molecular weight is 412 g/mol. The van der Waals surface area contributed by atoms with Crippen molar-refractivity contribution in [1.82, 2.24) is 15.5 Å². The van der Waals surface area contributed by atoms with E-state index in [1.54, 1.807) is 0 Å². The fourth-order valence-corrected chi connectivity index (χ4v) is 1.74. The van der Waals surface area contributed by atoms with Gasteiger partial charge >= 0.3 is 0 Å². The minimum absolute atomic E-state index is 0. The molecular formula is C16H37IN4. The zero-order valence-corrected chi connectivity index (χ0v) is 17.2. The van der Waals surface area contributed by atoms with Crippen LogP contribution in [0.15, 0.2) is 4.99 Å². The molecule has 4 nitrogen and oxygen atoms in total. The van der Waals surface area contributed by atoms with E-state index in [9.17, 15) is 0 Å². The highest BCUT2D eigenvalue weighted by molar-refractivity contribution is 14.0. The second-order valence-corrected chi connectivity index (χ2v) is 6.15. The summed E-state index contributed by atoms with van der Waals surface area (Å²) >= 11 is 0. The summed E-state index contributed by atoms with van der Waals surface area (Å²) in [5.74, 6) is 1.70. The molecule has 0 amide bonds. The Kier molecular flexibility index (Phi) is 16.5. The number of hydrogen-bond donors (Lipinski definition) is 2. The van der Waals surface area contributed by atoms with Gasteiger partial charge in [0.2, 0.25) is 0 Å². The second kappa shape index (κ2) is 14.9. The lowest BCUT2D eigenvalue weighted by Gasteiger charge is -2.20. The summed E-state index contributed by atoms with van der Waals surface area (Å²) in [7, 11) is 2.19. The highest BCUT2D eigenvalue weighted by Gasteiger charge is 2.02. The Morgan fingerprint density at radius 2 is 1.76 bits per heavy atom. The Hall–Kier alpha value is -0.0400. The smallest absolute Gasteiger partial charge is 0.191 e. The van der Waals surface area contributed by atoms with Gasteiger partial charge in [-0.15, -0.1) is 24.0 Å². The van der Waals surface area contributed by atoms with Crippen LogP contribution in [0.1, 0.15) is 53.9 Å². The number of hydrogen-bond acceptors (Lipinski definition) is 2. The second-order valence-electron chi connectivity index (χ2n) is 6.15. The van der Waals surface area contributed by atoms with Crippen molar-refractivity contribution in [2.75, 3.05) is 33.2 Å². The predicted molar refractivity (Wildman–Crippen MR) is 106 cm³/mol. The molecule has 0 unspecified atom stereocenters. The van der Waals surface area contributed by atoms with Gasteiger partial charge in [0, 0.05) is 25.7 Å². The molecule has 0 aromatic heterocycles. The lowest BCUT2D eigenvalue weighted by molar-refractivity contribution is 0.269. The molecule has 0 aliphatic heterocycles. The normalized spacial score (nSPS) is 12.0. The predicted octanol–water partition coefficient (Wildman–Crippen LogP) is 3.33. The molecule has 0 aliphatic rings. The Labute approximate surface area is 149 Å². The minimum atomic E-state index is 0. The van der Waals surface area contributed by atoms with E-state index < -0.39 is 0 Å². The van der Waals surface area contributed by atoms with Crippen LogP contribution in [0.3, 0.4) is 0 Å². The maximum absolute atomic E-state index is 4.63. The number of guanidine groups is 1. The van der Waals surface area contributed by atoms with Crippen LogP contribution in [0.2, 0.25) is 0 Å².